The quantitative estimate of drug-likeness (QED) is 0.792. The average molecular weight is 338 g/mol. The summed E-state index contributed by atoms with van der Waals surface area (Å²) in [5.41, 5.74) is 2.96. The molecule has 1 aliphatic heterocycles. The molecule has 5 nitrogen and oxygen atoms in total. The number of hydrogen-bond donors (Lipinski definition) is 1. The van der Waals surface area contributed by atoms with Crippen molar-refractivity contribution in [3.8, 4) is 5.75 Å². The normalized spacial score (nSPS) is 16.1. The Bertz CT molecular complexity index is 878. The molecule has 1 aromatic carbocycles. The minimum absolute atomic E-state index is 0.424. The fourth-order valence-corrected chi connectivity index (χ4v) is 3.47. The molecule has 3 heterocycles. The summed E-state index contributed by atoms with van der Waals surface area (Å²) in [4.78, 5) is 10.3. The van der Waals surface area contributed by atoms with Crippen molar-refractivity contribution < 1.29 is 4.74 Å². The zero-order chi connectivity index (χ0) is 16.4. The van der Waals surface area contributed by atoms with Gasteiger partial charge in [-0.25, -0.2) is 9.97 Å². The van der Waals surface area contributed by atoms with Crippen molar-refractivity contribution in [2.75, 3.05) is 12.4 Å². The first-order chi connectivity index (χ1) is 11.8. The Balaban J connectivity index is 1.45. The highest BCUT2D eigenvalue weighted by molar-refractivity contribution is 8.03. The van der Waals surface area contributed by atoms with E-state index in [1.54, 1.807) is 6.20 Å². The topological polar surface area (TPSA) is 52.0 Å². The first kappa shape index (κ1) is 15.2. The smallest absolute Gasteiger partial charge is 0.159 e. The van der Waals surface area contributed by atoms with Crippen LogP contribution >= 0.6 is 11.8 Å². The molecule has 0 saturated carbocycles. The number of aryl methyl sites for hydroxylation is 1. The lowest BCUT2D eigenvalue weighted by Gasteiger charge is -2.06. The molecule has 0 unspecified atom stereocenters. The molecule has 0 amide bonds. The van der Waals surface area contributed by atoms with Gasteiger partial charge in [-0.2, -0.15) is 0 Å². The Kier molecular flexibility index (Phi) is 4.23. The van der Waals surface area contributed by atoms with Crippen LogP contribution in [0.4, 0.5) is 0 Å². The SMILES string of the molecule is Cn1c(COc2ccc(C=C3CNCS3)cc2)nc2cccnc21. The maximum Gasteiger partial charge on any atom is 0.159 e. The number of pyridine rings is 1. The van der Waals surface area contributed by atoms with Crippen LogP contribution < -0.4 is 10.1 Å². The Hall–Kier alpha value is -2.31. The van der Waals surface area contributed by atoms with Crippen molar-refractivity contribution >= 4 is 29.0 Å². The fourth-order valence-electron chi connectivity index (χ4n) is 2.66. The maximum absolute atomic E-state index is 5.88. The van der Waals surface area contributed by atoms with Crippen molar-refractivity contribution in [3.63, 3.8) is 0 Å². The number of fused-ring (bicyclic) bond motifs is 1. The summed E-state index contributed by atoms with van der Waals surface area (Å²) >= 11 is 1.85. The van der Waals surface area contributed by atoms with Gasteiger partial charge in [0.25, 0.3) is 0 Å². The van der Waals surface area contributed by atoms with Gasteiger partial charge in [0.1, 0.15) is 23.7 Å². The predicted octanol–water partition coefficient (Wildman–Crippen LogP) is 3.18. The van der Waals surface area contributed by atoms with Gasteiger partial charge in [-0.15, -0.1) is 11.8 Å². The second-order valence-corrected chi connectivity index (χ2v) is 6.72. The van der Waals surface area contributed by atoms with Gasteiger partial charge in [-0.05, 0) is 35.9 Å². The molecule has 0 bridgehead atoms. The Morgan fingerprint density at radius 3 is 2.92 bits per heavy atom. The highest BCUT2D eigenvalue weighted by Crippen LogP contribution is 2.23. The Labute approximate surface area is 144 Å². The predicted molar refractivity (Wildman–Crippen MR) is 97.7 cm³/mol. The van der Waals surface area contributed by atoms with E-state index in [9.17, 15) is 0 Å². The molecule has 1 aliphatic rings. The van der Waals surface area contributed by atoms with E-state index >= 15 is 0 Å². The van der Waals surface area contributed by atoms with Crippen molar-refractivity contribution in [2.45, 2.75) is 6.61 Å². The van der Waals surface area contributed by atoms with Crippen LogP contribution in [0.25, 0.3) is 17.2 Å². The third kappa shape index (κ3) is 3.16. The van der Waals surface area contributed by atoms with Crippen molar-refractivity contribution in [3.05, 3.63) is 58.9 Å². The Morgan fingerprint density at radius 2 is 2.17 bits per heavy atom. The summed E-state index contributed by atoms with van der Waals surface area (Å²) in [7, 11) is 1.96. The molecule has 2 aromatic heterocycles. The van der Waals surface area contributed by atoms with Gasteiger partial charge in [-0.3, -0.25) is 0 Å². The lowest BCUT2D eigenvalue weighted by Crippen LogP contribution is -2.04. The molecule has 1 fully saturated rings. The number of ether oxygens (including phenoxy) is 1. The minimum atomic E-state index is 0.424. The third-order valence-electron chi connectivity index (χ3n) is 3.96. The molecular weight excluding hydrogens is 320 g/mol. The fraction of sp³-hybridized carbons (Fsp3) is 0.222. The standard InChI is InChI=1S/C18H18N4OS/c1-22-17(21-16-3-2-8-20-18(16)22)11-23-14-6-4-13(5-7-14)9-15-10-19-12-24-15/h2-9,19H,10-12H2,1H3. The second-order valence-electron chi connectivity index (χ2n) is 5.62. The number of imidazole rings is 1. The summed E-state index contributed by atoms with van der Waals surface area (Å²) in [6, 6.07) is 12.0. The molecule has 0 radical (unpaired) electrons. The van der Waals surface area contributed by atoms with Gasteiger partial charge in [0.15, 0.2) is 5.65 Å². The molecular formula is C18H18N4OS. The van der Waals surface area contributed by atoms with Crippen LogP contribution in [-0.4, -0.2) is 27.0 Å². The van der Waals surface area contributed by atoms with Crippen molar-refractivity contribution in [1.29, 1.82) is 0 Å². The molecule has 3 aromatic rings. The first-order valence-corrected chi connectivity index (χ1v) is 8.81. The third-order valence-corrected chi connectivity index (χ3v) is 4.94. The van der Waals surface area contributed by atoms with Crippen LogP contribution in [0.1, 0.15) is 11.4 Å². The van der Waals surface area contributed by atoms with Gasteiger partial charge in [0.2, 0.25) is 0 Å². The number of nitrogens with zero attached hydrogens (tertiary/aromatic N) is 3. The number of benzene rings is 1. The zero-order valence-electron chi connectivity index (χ0n) is 13.4. The van der Waals surface area contributed by atoms with E-state index in [4.69, 9.17) is 4.74 Å². The molecule has 122 valence electrons. The molecule has 1 saturated heterocycles. The van der Waals surface area contributed by atoms with Crippen LogP contribution in [0.2, 0.25) is 0 Å². The van der Waals surface area contributed by atoms with Crippen LogP contribution in [0.3, 0.4) is 0 Å². The number of rotatable bonds is 4. The van der Waals surface area contributed by atoms with E-state index in [1.165, 1.54) is 10.5 Å². The number of thioether (sulfide) groups is 1. The largest absolute Gasteiger partial charge is 0.486 e. The van der Waals surface area contributed by atoms with Gasteiger partial charge >= 0.3 is 0 Å². The van der Waals surface area contributed by atoms with Gasteiger partial charge < -0.3 is 14.6 Å². The van der Waals surface area contributed by atoms with Gasteiger partial charge in [-0.1, -0.05) is 12.1 Å². The van der Waals surface area contributed by atoms with Gasteiger partial charge in [0.05, 0.1) is 0 Å². The Morgan fingerprint density at radius 1 is 1.29 bits per heavy atom. The molecule has 24 heavy (non-hydrogen) atoms. The lowest BCUT2D eigenvalue weighted by atomic mass is 10.2. The van der Waals surface area contributed by atoms with Crippen LogP contribution in [0, 0.1) is 0 Å². The van der Waals surface area contributed by atoms with Crippen LogP contribution in [0.15, 0.2) is 47.5 Å². The summed E-state index contributed by atoms with van der Waals surface area (Å²) < 4.78 is 7.85. The summed E-state index contributed by atoms with van der Waals surface area (Å²) in [5.74, 6) is 2.71. The molecule has 1 N–H and O–H groups in total. The maximum atomic E-state index is 5.88. The number of aromatic nitrogens is 3. The molecule has 0 spiro atoms. The minimum Gasteiger partial charge on any atom is -0.486 e. The molecule has 4 rings (SSSR count). The van der Waals surface area contributed by atoms with E-state index in [-0.39, 0.29) is 0 Å². The molecule has 0 atom stereocenters. The van der Waals surface area contributed by atoms with E-state index in [2.05, 4.69) is 33.5 Å². The lowest BCUT2D eigenvalue weighted by molar-refractivity contribution is 0.292. The summed E-state index contributed by atoms with van der Waals surface area (Å²) in [5, 5.41) is 3.31. The van der Waals surface area contributed by atoms with E-state index in [0.717, 1.165) is 35.2 Å². The highest BCUT2D eigenvalue weighted by atomic mass is 32.2. The monoisotopic (exact) mass is 338 g/mol. The molecule has 0 aliphatic carbocycles. The second kappa shape index (κ2) is 6.67. The van der Waals surface area contributed by atoms with Crippen molar-refractivity contribution in [2.24, 2.45) is 7.05 Å². The number of hydrogen-bond acceptors (Lipinski definition) is 5. The number of nitrogens with one attached hydrogen (secondary N) is 1. The zero-order valence-corrected chi connectivity index (χ0v) is 14.2. The summed E-state index contributed by atoms with van der Waals surface area (Å²) in [6.45, 7) is 1.39. The van der Waals surface area contributed by atoms with E-state index in [0.29, 0.717) is 6.61 Å². The summed E-state index contributed by atoms with van der Waals surface area (Å²) in [6.07, 6.45) is 3.99. The van der Waals surface area contributed by atoms with Gasteiger partial charge in [0, 0.05) is 30.6 Å². The highest BCUT2D eigenvalue weighted by Gasteiger charge is 2.09. The van der Waals surface area contributed by atoms with Crippen molar-refractivity contribution in [1.82, 2.24) is 19.9 Å². The average Bonchev–Trinajstić information content (AvgIpc) is 3.23. The van der Waals surface area contributed by atoms with E-state index < -0.39 is 0 Å². The first-order valence-electron chi connectivity index (χ1n) is 7.83. The van der Waals surface area contributed by atoms with E-state index in [1.807, 2.05) is 47.6 Å². The van der Waals surface area contributed by atoms with Crippen LogP contribution in [0.5, 0.6) is 5.75 Å². The molecule has 6 heteroatoms. The van der Waals surface area contributed by atoms with Crippen LogP contribution in [-0.2, 0) is 13.7 Å².